The maximum atomic E-state index is 14.0. The van der Waals surface area contributed by atoms with E-state index in [-0.39, 0.29) is 29.1 Å². The molecule has 2 amide bonds. The monoisotopic (exact) mass is 665 g/mol. The van der Waals surface area contributed by atoms with Gasteiger partial charge in [0.1, 0.15) is 12.6 Å². The lowest BCUT2D eigenvalue weighted by Gasteiger charge is -2.32. The summed E-state index contributed by atoms with van der Waals surface area (Å²) in [6.45, 7) is 1.25. The van der Waals surface area contributed by atoms with Crippen molar-refractivity contribution in [2.45, 2.75) is 56.1 Å². The number of sulfonamides is 1. The van der Waals surface area contributed by atoms with Crippen molar-refractivity contribution in [3.05, 3.63) is 92.9 Å². The molecule has 4 rings (SSSR count). The van der Waals surface area contributed by atoms with Crippen molar-refractivity contribution in [2.24, 2.45) is 0 Å². The molecule has 212 valence electrons. The summed E-state index contributed by atoms with van der Waals surface area (Å²) in [5, 5.41) is 3.76. The molecule has 0 unspecified atom stereocenters. The van der Waals surface area contributed by atoms with E-state index < -0.39 is 28.5 Å². The van der Waals surface area contributed by atoms with Gasteiger partial charge in [0.05, 0.1) is 10.6 Å². The van der Waals surface area contributed by atoms with Crippen LogP contribution in [0.3, 0.4) is 0 Å². The zero-order chi connectivity index (χ0) is 28.9. The third-order valence-corrected chi connectivity index (χ3v) is 9.72. The van der Waals surface area contributed by atoms with E-state index in [1.807, 2.05) is 24.3 Å². The molecule has 1 aliphatic carbocycles. The lowest BCUT2D eigenvalue weighted by molar-refractivity contribution is -0.139. The molecule has 11 heteroatoms. The Hall–Kier alpha value is -2.59. The number of carbonyl (C=O) groups is 2. The van der Waals surface area contributed by atoms with Gasteiger partial charge in [-0.2, -0.15) is 0 Å². The van der Waals surface area contributed by atoms with E-state index in [2.05, 4.69) is 21.2 Å². The minimum absolute atomic E-state index is 0.0313. The molecule has 1 atom stereocenters. The number of carbonyl (C=O) groups excluding carboxylic acids is 2. The lowest BCUT2D eigenvalue weighted by atomic mass is 10.1. The molecule has 1 saturated carbocycles. The highest BCUT2D eigenvalue weighted by molar-refractivity contribution is 9.10. The van der Waals surface area contributed by atoms with Crippen molar-refractivity contribution in [2.75, 3.05) is 10.8 Å². The molecule has 0 bridgehead atoms. The first-order valence-electron chi connectivity index (χ1n) is 12.9. The highest BCUT2D eigenvalue weighted by Gasteiger charge is 2.33. The normalized spacial score (nSPS) is 14.5. The fourth-order valence-electron chi connectivity index (χ4n) is 4.65. The van der Waals surface area contributed by atoms with Crippen molar-refractivity contribution in [3.63, 3.8) is 0 Å². The molecular weight excluding hydrogens is 637 g/mol. The molecule has 0 aliphatic heterocycles. The van der Waals surface area contributed by atoms with Crippen LogP contribution in [0.1, 0.15) is 38.2 Å². The molecule has 1 N–H and O–H groups in total. The van der Waals surface area contributed by atoms with Crippen LogP contribution < -0.4 is 9.62 Å². The van der Waals surface area contributed by atoms with Gasteiger partial charge in [-0.3, -0.25) is 13.9 Å². The van der Waals surface area contributed by atoms with Crippen LogP contribution in [-0.2, 0) is 26.2 Å². The van der Waals surface area contributed by atoms with Crippen molar-refractivity contribution < 1.29 is 18.0 Å². The number of rotatable bonds is 10. The summed E-state index contributed by atoms with van der Waals surface area (Å²) in [6, 6.07) is 18.7. The Kier molecular flexibility index (Phi) is 10.2. The van der Waals surface area contributed by atoms with Crippen LogP contribution in [0.25, 0.3) is 0 Å². The summed E-state index contributed by atoms with van der Waals surface area (Å²) < 4.78 is 29.5. The van der Waals surface area contributed by atoms with Crippen molar-refractivity contribution in [3.8, 4) is 0 Å². The summed E-state index contributed by atoms with van der Waals surface area (Å²) in [7, 11) is -4.20. The predicted octanol–water partition coefficient (Wildman–Crippen LogP) is 6.43. The molecule has 1 aliphatic rings. The van der Waals surface area contributed by atoms with Crippen LogP contribution in [0, 0.1) is 0 Å². The van der Waals surface area contributed by atoms with Crippen LogP contribution >= 0.6 is 39.1 Å². The number of nitrogens with one attached hydrogen (secondary N) is 1. The van der Waals surface area contributed by atoms with E-state index >= 15 is 0 Å². The van der Waals surface area contributed by atoms with Gasteiger partial charge in [0.15, 0.2) is 0 Å². The maximum Gasteiger partial charge on any atom is 0.264 e. The smallest absolute Gasteiger partial charge is 0.264 e. The third kappa shape index (κ3) is 7.57. The fourth-order valence-corrected chi connectivity index (χ4v) is 6.64. The van der Waals surface area contributed by atoms with E-state index in [0.717, 1.165) is 40.0 Å². The minimum atomic E-state index is -4.20. The number of halogens is 3. The van der Waals surface area contributed by atoms with Gasteiger partial charge in [0.2, 0.25) is 11.8 Å². The summed E-state index contributed by atoms with van der Waals surface area (Å²) in [6.07, 6.45) is 3.91. The Labute approximate surface area is 253 Å². The number of amides is 2. The maximum absolute atomic E-state index is 14.0. The molecule has 1 fully saturated rings. The second-order valence-electron chi connectivity index (χ2n) is 9.76. The SMILES string of the molecule is C[C@@H](C(=O)NC1CCCC1)N(Cc1ccc(Br)cc1)C(=O)CN(c1cccc(Cl)c1)S(=O)(=O)c1ccc(Cl)cc1. The number of benzene rings is 3. The second kappa shape index (κ2) is 13.4. The minimum Gasteiger partial charge on any atom is -0.352 e. The highest BCUT2D eigenvalue weighted by atomic mass is 79.9. The molecule has 3 aromatic carbocycles. The zero-order valence-corrected chi connectivity index (χ0v) is 25.8. The van der Waals surface area contributed by atoms with E-state index in [1.165, 1.54) is 35.2 Å². The quantitative estimate of drug-likeness (QED) is 0.270. The Morgan fingerprint density at radius 2 is 1.62 bits per heavy atom. The van der Waals surface area contributed by atoms with Crippen LogP contribution in [-0.4, -0.2) is 43.8 Å². The molecule has 0 radical (unpaired) electrons. The Balaban J connectivity index is 1.68. The van der Waals surface area contributed by atoms with Gasteiger partial charge in [0.25, 0.3) is 10.0 Å². The molecular formula is C29H30BrCl2N3O4S. The van der Waals surface area contributed by atoms with E-state index in [0.29, 0.717) is 10.0 Å². The van der Waals surface area contributed by atoms with E-state index in [4.69, 9.17) is 23.2 Å². The fraction of sp³-hybridized carbons (Fsp3) is 0.310. The highest BCUT2D eigenvalue weighted by Crippen LogP contribution is 2.28. The largest absolute Gasteiger partial charge is 0.352 e. The average Bonchev–Trinajstić information content (AvgIpc) is 3.44. The third-order valence-electron chi connectivity index (χ3n) is 6.91. The van der Waals surface area contributed by atoms with Crippen molar-refractivity contribution in [1.82, 2.24) is 10.2 Å². The summed E-state index contributed by atoms with van der Waals surface area (Å²) in [5.74, 6) is -0.804. The van der Waals surface area contributed by atoms with Gasteiger partial charge in [-0.15, -0.1) is 0 Å². The van der Waals surface area contributed by atoms with Crippen LogP contribution in [0.4, 0.5) is 5.69 Å². The topological polar surface area (TPSA) is 86.8 Å². The lowest BCUT2D eigenvalue weighted by Crippen LogP contribution is -2.52. The molecule has 0 spiro atoms. The number of anilines is 1. The number of hydrogen-bond donors (Lipinski definition) is 1. The van der Waals surface area contributed by atoms with Crippen molar-refractivity contribution in [1.29, 1.82) is 0 Å². The molecule has 0 heterocycles. The van der Waals surface area contributed by atoms with Crippen molar-refractivity contribution >= 4 is 66.7 Å². The van der Waals surface area contributed by atoms with Crippen LogP contribution in [0.15, 0.2) is 82.2 Å². The zero-order valence-electron chi connectivity index (χ0n) is 21.9. The van der Waals surface area contributed by atoms with Gasteiger partial charge in [0, 0.05) is 27.1 Å². The van der Waals surface area contributed by atoms with Gasteiger partial charge in [-0.05, 0) is 79.9 Å². The van der Waals surface area contributed by atoms with Crippen LogP contribution in [0.5, 0.6) is 0 Å². The van der Waals surface area contributed by atoms with Gasteiger partial charge in [-0.1, -0.05) is 70.2 Å². The number of hydrogen-bond acceptors (Lipinski definition) is 4. The summed E-state index contributed by atoms with van der Waals surface area (Å²) >= 11 is 15.6. The summed E-state index contributed by atoms with van der Waals surface area (Å²) in [5.41, 5.74) is 1.02. The Morgan fingerprint density at radius 3 is 2.25 bits per heavy atom. The molecule has 3 aromatic rings. The average molecular weight is 667 g/mol. The standard InChI is InChI=1S/C29H30BrCl2N3O4S/c1-20(29(37)33-25-6-2-3-7-25)34(18-21-9-11-22(30)12-10-21)28(36)19-35(26-8-4-5-24(32)17-26)40(38,39)27-15-13-23(31)14-16-27/h4-5,8-17,20,25H,2-3,6-7,18-19H2,1H3,(H,33,37)/t20-/m0/s1. The van der Waals surface area contributed by atoms with Gasteiger partial charge in [-0.25, -0.2) is 8.42 Å². The second-order valence-corrected chi connectivity index (χ2v) is 13.4. The molecule has 40 heavy (non-hydrogen) atoms. The first kappa shape index (κ1) is 30.4. The molecule has 0 saturated heterocycles. The van der Waals surface area contributed by atoms with Gasteiger partial charge < -0.3 is 10.2 Å². The first-order chi connectivity index (χ1) is 19.0. The molecule has 7 nitrogen and oxygen atoms in total. The van der Waals surface area contributed by atoms with E-state index in [1.54, 1.807) is 25.1 Å². The number of nitrogens with zero attached hydrogens (tertiary/aromatic N) is 2. The Bertz CT molecular complexity index is 1450. The molecule has 0 aromatic heterocycles. The predicted molar refractivity (Wildman–Crippen MR) is 162 cm³/mol. The van der Waals surface area contributed by atoms with Crippen LogP contribution in [0.2, 0.25) is 10.0 Å². The van der Waals surface area contributed by atoms with E-state index in [9.17, 15) is 18.0 Å². The Morgan fingerprint density at radius 1 is 0.975 bits per heavy atom. The van der Waals surface area contributed by atoms with Gasteiger partial charge >= 0.3 is 0 Å². The first-order valence-corrected chi connectivity index (χ1v) is 15.9. The summed E-state index contributed by atoms with van der Waals surface area (Å²) in [4.78, 5) is 28.6.